The Morgan fingerprint density at radius 1 is 1.40 bits per heavy atom. The van der Waals surface area contributed by atoms with Crippen LogP contribution in [0.15, 0.2) is 18.2 Å². The molecule has 2 rings (SSSR count). The molecule has 1 aromatic carbocycles. The Kier molecular flexibility index (Phi) is 7.68. The molecule has 1 unspecified atom stereocenters. The van der Waals surface area contributed by atoms with Gasteiger partial charge in [0.05, 0.1) is 12.7 Å². The number of carbonyl (C=O) groups is 2. The van der Waals surface area contributed by atoms with Crippen LogP contribution in [0.1, 0.15) is 41.6 Å². The molecule has 0 spiro atoms. The van der Waals surface area contributed by atoms with E-state index in [0.717, 1.165) is 31.4 Å². The third-order valence-electron chi connectivity index (χ3n) is 4.50. The Balaban J connectivity index is 2.05. The van der Waals surface area contributed by atoms with Crippen molar-refractivity contribution in [2.75, 3.05) is 26.7 Å². The van der Waals surface area contributed by atoms with Crippen LogP contribution < -0.4 is 11.1 Å². The quantitative estimate of drug-likeness (QED) is 0.719. The molecular weight excluding hydrogens is 342 g/mol. The Morgan fingerprint density at radius 3 is 2.92 bits per heavy atom. The maximum absolute atomic E-state index is 11.7. The summed E-state index contributed by atoms with van der Waals surface area (Å²) >= 11 is 6.32. The number of nitrogens with two attached hydrogens (primary N) is 1. The van der Waals surface area contributed by atoms with Gasteiger partial charge in [0, 0.05) is 37.1 Å². The van der Waals surface area contributed by atoms with Gasteiger partial charge in [0.2, 0.25) is 5.91 Å². The van der Waals surface area contributed by atoms with Crippen molar-refractivity contribution in [2.24, 2.45) is 5.73 Å². The van der Waals surface area contributed by atoms with Crippen molar-refractivity contribution in [3.63, 3.8) is 0 Å². The lowest BCUT2D eigenvalue weighted by molar-refractivity contribution is -0.121. The van der Waals surface area contributed by atoms with Crippen LogP contribution >= 0.6 is 11.6 Å². The van der Waals surface area contributed by atoms with Crippen LogP contribution in [0, 0.1) is 0 Å². The van der Waals surface area contributed by atoms with Crippen molar-refractivity contribution in [3.05, 3.63) is 34.3 Å². The molecule has 6 nitrogen and oxygen atoms in total. The zero-order chi connectivity index (χ0) is 18.2. The van der Waals surface area contributed by atoms with Gasteiger partial charge in [-0.2, -0.15) is 0 Å². The molecule has 0 aliphatic carbocycles. The van der Waals surface area contributed by atoms with Crippen LogP contribution in [0.3, 0.4) is 0 Å². The molecule has 0 aromatic heterocycles. The van der Waals surface area contributed by atoms with E-state index in [9.17, 15) is 9.59 Å². The number of esters is 1. The van der Waals surface area contributed by atoms with E-state index >= 15 is 0 Å². The first-order valence-corrected chi connectivity index (χ1v) is 9.00. The first-order valence-electron chi connectivity index (χ1n) is 8.62. The molecule has 1 aliphatic rings. The monoisotopic (exact) mass is 367 g/mol. The second kappa shape index (κ2) is 9.75. The highest BCUT2D eigenvalue weighted by molar-refractivity contribution is 6.31. The van der Waals surface area contributed by atoms with Crippen molar-refractivity contribution in [1.82, 2.24) is 10.2 Å². The number of carbonyl (C=O) groups excluding carboxylic acids is 2. The predicted octanol–water partition coefficient (Wildman–Crippen LogP) is 1.95. The van der Waals surface area contributed by atoms with E-state index < -0.39 is 0 Å². The lowest BCUT2D eigenvalue weighted by Gasteiger charge is -2.36. The number of ether oxygens (including phenoxy) is 1. The van der Waals surface area contributed by atoms with Gasteiger partial charge in [-0.3, -0.25) is 9.69 Å². The highest BCUT2D eigenvalue weighted by Crippen LogP contribution is 2.24. The summed E-state index contributed by atoms with van der Waals surface area (Å²) in [4.78, 5) is 25.7. The van der Waals surface area contributed by atoms with E-state index in [-0.39, 0.29) is 17.9 Å². The molecule has 1 atom stereocenters. The number of halogens is 1. The minimum absolute atomic E-state index is 0.0151. The molecule has 1 heterocycles. The third-order valence-corrected chi connectivity index (χ3v) is 4.86. The maximum Gasteiger partial charge on any atom is 0.337 e. The van der Waals surface area contributed by atoms with Gasteiger partial charge < -0.3 is 15.8 Å². The first-order chi connectivity index (χ1) is 12.0. The van der Waals surface area contributed by atoms with Crippen molar-refractivity contribution < 1.29 is 14.3 Å². The molecular formula is C18H26ClN3O3. The second-order valence-corrected chi connectivity index (χ2v) is 6.67. The van der Waals surface area contributed by atoms with Gasteiger partial charge in [-0.15, -0.1) is 0 Å². The normalized spacial score (nSPS) is 18.0. The first kappa shape index (κ1) is 19.7. The van der Waals surface area contributed by atoms with Crippen molar-refractivity contribution in [1.29, 1.82) is 0 Å². The van der Waals surface area contributed by atoms with E-state index in [1.165, 1.54) is 7.11 Å². The standard InChI is InChI=1S/C18H26ClN3O3/c1-25-18(24)13-5-6-16(19)14(10-13)12-22-9-3-2-4-15(22)11-21-17(23)7-8-20/h5-6,10,15H,2-4,7-9,11-12,20H2,1H3,(H,21,23). The van der Waals surface area contributed by atoms with Crippen LogP contribution in [-0.2, 0) is 16.1 Å². The number of rotatable bonds is 7. The van der Waals surface area contributed by atoms with Gasteiger partial charge >= 0.3 is 5.97 Å². The molecule has 1 amide bonds. The fraction of sp³-hybridized carbons (Fsp3) is 0.556. The number of hydrogen-bond acceptors (Lipinski definition) is 5. The number of nitrogens with one attached hydrogen (secondary N) is 1. The van der Waals surface area contributed by atoms with Crippen LogP contribution in [-0.4, -0.2) is 49.6 Å². The smallest absolute Gasteiger partial charge is 0.337 e. The number of nitrogens with zero attached hydrogens (tertiary/aromatic N) is 1. The van der Waals surface area contributed by atoms with Crippen LogP contribution in [0.2, 0.25) is 5.02 Å². The predicted molar refractivity (Wildman–Crippen MR) is 97.5 cm³/mol. The molecule has 1 fully saturated rings. The van der Waals surface area contributed by atoms with E-state index in [1.807, 2.05) is 0 Å². The summed E-state index contributed by atoms with van der Waals surface area (Å²) in [5.74, 6) is -0.388. The molecule has 0 radical (unpaired) electrons. The molecule has 3 N–H and O–H groups in total. The topological polar surface area (TPSA) is 84.7 Å². The summed E-state index contributed by atoms with van der Waals surface area (Å²) in [5.41, 5.74) is 6.80. The molecule has 0 saturated carbocycles. The Morgan fingerprint density at radius 2 is 2.20 bits per heavy atom. The lowest BCUT2D eigenvalue weighted by atomic mass is 10.0. The largest absolute Gasteiger partial charge is 0.465 e. The zero-order valence-corrected chi connectivity index (χ0v) is 15.3. The number of benzene rings is 1. The minimum Gasteiger partial charge on any atom is -0.465 e. The average Bonchev–Trinajstić information content (AvgIpc) is 2.62. The average molecular weight is 368 g/mol. The number of likely N-dealkylation sites (tertiary alicyclic amines) is 1. The van der Waals surface area contributed by atoms with Crippen LogP contribution in [0.5, 0.6) is 0 Å². The fourth-order valence-corrected chi connectivity index (χ4v) is 3.29. The number of amides is 1. The van der Waals surface area contributed by atoms with Gasteiger partial charge in [0.25, 0.3) is 0 Å². The van der Waals surface area contributed by atoms with E-state index in [1.54, 1.807) is 18.2 Å². The summed E-state index contributed by atoms with van der Waals surface area (Å²) in [7, 11) is 1.36. The zero-order valence-electron chi connectivity index (χ0n) is 14.6. The van der Waals surface area contributed by atoms with Gasteiger partial charge in [0.15, 0.2) is 0 Å². The van der Waals surface area contributed by atoms with Crippen LogP contribution in [0.25, 0.3) is 0 Å². The Bertz CT molecular complexity index is 609. The van der Waals surface area contributed by atoms with Crippen molar-refractivity contribution >= 4 is 23.5 Å². The number of methoxy groups -OCH3 is 1. The maximum atomic E-state index is 11.7. The molecule has 0 bridgehead atoms. The molecule has 25 heavy (non-hydrogen) atoms. The molecule has 138 valence electrons. The summed E-state index contributed by atoms with van der Waals surface area (Å²) in [6.07, 6.45) is 3.63. The van der Waals surface area contributed by atoms with Gasteiger partial charge in [-0.05, 0) is 43.1 Å². The van der Waals surface area contributed by atoms with E-state index in [4.69, 9.17) is 22.1 Å². The Hall–Kier alpha value is -1.63. The summed E-state index contributed by atoms with van der Waals surface area (Å²) in [5, 5.41) is 3.58. The van der Waals surface area contributed by atoms with Crippen molar-refractivity contribution in [2.45, 2.75) is 38.3 Å². The molecule has 1 saturated heterocycles. The van der Waals surface area contributed by atoms with E-state index in [2.05, 4.69) is 10.2 Å². The molecule has 1 aliphatic heterocycles. The van der Waals surface area contributed by atoms with Crippen LogP contribution in [0.4, 0.5) is 0 Å². The number of piperidine rings is 1. The summed E-state index contributed by atoms with van der Waals surface area (Å²) in [6, 6.07) is 5.43. The summed E-state index contributed by atoms with van der Waals surface area (Å²) < 4.78 is 4.78. The SMILES string of the molecule is COC(=O)c1ccc(Cl)c(CN2CCCCC2CNC(=O)CCN)c1. The van der Waals surface area contributed by atoms with Crippen molar-refractivity contribution in [3.8, 4) is 0 Å². The lowest BCUT2D eigenvalue weighted by Crippen LogP contribution is -2.46. The Labute approximate surface area is 153 Å². The third kappa shape index (κ3) is 5.70. The number of hydrogen-bond donors (Lipinski definition) is 2. The van der Waals surface area contributed by atoms with E-state index in [0.29, 0.717) is 36.6 Å². The minimum atomic E-state index is -0.373. The van der Waals surface area contributed by atoms with Gasteiger partial charge in [-0.25, -0.2) is 4.79 Å². The van der Waals surface area contributed by atoms with Gasteiger partial charge in [0.1, 0.15) is 0 Å². The second-order valence-electron chi connectivity index (χ2n) is 6.26. The van der Waals surface area contributed by atoms with Gasteiger partial charge in [-0.1, -0.05) is 18.0 Å². The molecule has 7 heteroatoms. The highest BCUT2D eigenvalue weighted by atomic mass is 35.5. The highest BCUT2D eigenvalue weighted by Gasteiger charge is 2.24. The fourth-order valence-electron chi connectivity index (χ4n) is 3.11. The summed E-state index contributed by atoms with van der Waals surface area (Å²) in [6.45, 7) is 2.54. The molecule has 1 aromatic rings.